The van der Waals surface area contributed by atoms with Crippen LogP contribution in [0.4, 0.5) is 26.3 Å². The number of hydrogen-bond acceptors (Lipinski definition) is 2. The molecule has 112 valence electrons. The first kappa shape index (κ1) is 15.3. The molecule has 2 nitrogen and oxygen atoms in total. The summed E-state index contributed by atoms with van der Waals surface area (Å²) in [5.74, 6) is 0. The number of alkyl halides is 6. The van der Waals surface area contributed by atoms with E-state index in [0.29, 0.717) is 11.6 Å². The van der Waals surface area contributed by atoms with Crippen molar-refractivity contribution in [3.05, 3.63) is 47.4 Å². The van der Waals surface area contributed by atoms with Crippen molar-refractivity contribution in [2.24, 2.45) is 0 Å². The molecule has 0 amide bonds. The van der Waals surface area contributed by atoms with Gasteiger partial charge in [-0.2, -0.15) is 26.3 Å². The Morgan fingerprint density at radius 2 is 1.52 bits per heavy atom. The smallest absolute Gasteiger partial charge is 0.256 e. The Hall–Kier alpha value is -2.12. The van der Waals surface area contributed by atoms with Gasteiger partial charge in [-0.3, -0.25) is 4.98 Å². The minimum absolute atomic E-state index is 0.0888. The molecular weight excluding hydrogens is 298 g/mol. The molecule has 0 saturated heterocycles. The van der Waals surface area contributed by atoms with Crippen LogP contribution in [0, 0.1) is 6.92 Å². The van der Waals surface area contributed by atoms with Crippen LogP contribution < -0.4 is 0 Å². The molecule has 2 heterocycles. The van der Waals surface area contributed by atoms with Crippen LogP contribution in [0.15, 0.2) is 30.5 Å². The molecule has 0 N–H and O–H groups in total. The maximum atomic E-state index is 12.9. The van der Waals surface area contributed by atoms with Gasteiger partial charge in [0.05, 0.1) is 5.69 Å². The normalized spacial score (nSPS) is 12.5. The Morgan fingerprint density at radius 3 is 2.00 bits per heavy atom. The van der Waals surface area contributed by atoms with E-state index in [1.54, 1.807) is 6.92 Å². The van der Waals surface area contributed by atoms with Crippen molar-refractivity contribution in [3.8, 4) is 11.3 Å². The van der Waals surface area contributed by atoms with E-state index in [9.17, 15) is 26.3 Å². The van der Waals surface area contributed by atoms with Crippen molar-refractivity contribution in [3.63, 3.8) is 0 Å². The van der Waals surface area contributed by atoms with Crippen LogP contribution in [-0.2, 0) is 12.4 Å². The Kier molecular flexibility index (Phi) is 3.65. The molecule has 0 atom stereocenters. The van der Waals surface area contributed by atoms with Crippen molar-refractivity contribution in [1.29, 1.82) is 0 Å². The van der Waals surface area contributed by atoms with Gasteiger partial charge in [0, 0.05) is 11.8 Å². The van der Waals surface area contributed by atoms with Crippen molar-refractivity contribution >= 4 is 0 Å². The van der Waals surface area contributed by atoms with Gasteiger partial charge in [0.25, 0.3) is 0 Å². The molecule has 2 aromatic heterocycles. The molecule has 0 radical (unpaired) electrons. The highest BCUT2D eigenvalue weighted by atomic mass is 19.4. The third kappa shape index (κ3) is 3.32. The second-order valence-electron chi connectivity index (χ2n) is 4.31. The third-order valence-corrected chi connectivity index (χ3v) is 2.64. The van der Waals surface area contributed by atoms with E-state index < -0.39 is 29.3 Å². The first-order valence-electron chi connectivity index (χ1n) is 5.67. The van der Waals surface area contributed by atoms with Crippen molar-refractivity contribution in [2.45, 2.75) is 19.3 Å². The van der Waals surface area contributed by atoms with Gasteiger partial charge < -0.3 is 0 Å². The summed E-state index contributed by atoms with van der Waals surface area (Å²) in [4.78, 5) is 6.52. The number of aryl methyl sites for hydroxylation is 1. The highest BCUT2D eigenvalue weighted by molar-refractivity contribution is 5.63. The van der Waals surface area contributed by atoms with Crippen LogP contribution in [-0.4, -0.2) is 9.97 Å². The Bertz CT molecular complexity index is 643. The van der Waals surface area contributed by atoms with Gasteiger partial charge >= 0.3 is 12.4 Å². The highest BCUT2D eigenvalue weighted by Gasteiger charge is 2.40. The van der Waals surface area contributed by atoms with Crippen molar-refractivity contribution in [2.75, 3.05) is 0 Å². The van der Waals surface area contributed by atoms with Gasteiger partial charge in [0.1, 0.15) is 5.69 Å². The topological polar surface area (TPSA) is 25.8 Å². The van der Waals surface area contributed by atoms with Crippen LogP contribution in [0.1, 0.15) is 17.0 Å². The fourth-order valence-electron chi connectivity index (χ4n) is 1.67. The minimum Gasteiger partial charge on any atom is -0.256 e. The Balaban J connectivity index is 2.63. The van der Waals surface area contributed by atoms with Crippen molar-refractivity contribution < 1.29 is 26.3 Å². The van der Waals surface area contributed by atoms with E-state index in [2.05, 4.69) is 9.97 Å². The largest absolute Gasteiger partial charge is 0.434 e. The maximum Gasteiger partial charge on any atom is 0.434 e. The lowest BCUT2D eigenvalue weighted by molar-refractivity contribution is -0.149. The van der Waals surface area contributed by atoms with E-state index in [0.717, 1.165) is 6.07 Å². The van der Waals surface area contributed by atoms with Crippen LogP contribution in [0.3, 0.4) is 0 Å². The van der Waals surface area contributed by atoms with Crippen LogP contribution >= 0.6 is 0 Å². The average Bonchev–Trinajstić information content (AvgIpc) is 2.37. The molecule has 0 aliphatic heterocycles. The lowest BCUT2D eigenvalue weighted by Crippen LogP contribution is -2.16. The molecule has 0 bridgehead atoms. The van der Waals surface area contributed by atoms with E-state index in [1.807, 2.05) is 0 Å². The zero-order valence-electron chi connectivity index (χ0n) is 10.5. The number of rotatable bonds is 1. The summed E-state index contributed by atoms with van der Waals surface area (Å²) in [6.45, 7) is 1.69. The SMILES string of the molecule is Cc1ccc(-c2ccc(C(F)(F)F)nc2C(F)(F)F)nc1. The minimum atomic E-state index is -5.01. The van der Waals surface area contributed by atoms with Gasteiger partial charge in [-0.25, -0.2) is 4.98 Å². The molecule has 0 unspecified atom stereocenters. The Morgan fingerprint density at radius 1 is 0.857 bits per heavy atom. The Labute approximate surface area is 115 Å². The van der Waals surface area contributed by atoms with E-state index >= 15 is 0 Å². The maximum absolute atomic E-state index is 12.9. The number of nitrogens with zero attached hydrogens (tertiary/aromatic N) is 2. The zero-order chi connectivity index (χ0) is 15.8. The van der Waals surface area contributed by atoms with Gasteiger partial charge in [0.15, 0.2) is 5.69 Å². The summed E-state index contributed by atoms with van der Waals surface area (Å²) in [5, 5.41) is 0. The molecule has 21 heavy (non-hydrogen) atoms. The lowest BCUT2D eigenvalue weighted by Gasteiger charge is -2.14. The van der Waals surface area contributed by atoms with Crippen LogP contribution in [0.5, 0.6) is 0 Å². The molecule has 0 aromatic carbocycles. The van der Waals surface area contributed by atoms with E-state index in [1.165, 1.54) is 18.3 Å². The summed E-state index contributed by atoms with van der Waals surface area (Å²) < 4.78 is 76.3. The van der Waals surface area contributed by atoms with E-state index in [4.69, 9.17) is 0 Å². The summed E-state index contributed by atoms with van der Waals surface area (Å²) in [5.41, 5.74) is -3.06. The molecule has 0 saturated carbocycles. The number of aromatic nitrogens is 2. The molecular formula is C13H8F6N2. The number of halogens is 6. The monoisotopic (exact) mass is 306 g/mol. The van der Waals surface area contributed by atoms with Gasteiger partial charge in [-0.05, 0) is 30.7 Å². The summed E-state index contributed by atoms with van der Waals surface area (Å²) in [6, 6.07) is 4.05. The summed E-state index contributed by atoms with van der Waals surface area (Å²) in [7, 11) is 0. The second-order valence-corrected chi connectivity index (χ2v) is 4.31. The molecule has 2 rings (SSSR count). The fraction of sp³-hybridized carbons (Fsp3) is 0.231. The average molecular weight is 306 g/mol. The van der Waals surface area contributed by atoms with Gasteiger partial charge in [-0.1, -0.05) is 6.07 Å². The van der Waals surface area contributed by atoms with Gasteiger partial charge in [0.2, 0.25) is 0 Å². The molecule has 0 aliphatic carbocycles. The van der Waals surface area contributed by atoms with Gasteiger partial charge in [-0.15, -0.1) is 0 Å². The van der Waals surface area contributed by atoms with Crippen LogP contribution in [0.2, 0.25) is 0 Å². The fourth-order valence-corrected chi connectivity index (χ4v) is 1.67. The molecule has 0 aliphatic rings. The summed E-state index contributed by atoms with van der Waals surface area (Å²) >= 11 is 0. The third-order valence-electron chi connectivity index (χ3n) is 2.64. The quantitative estimate of drug-likeness (QED) is 0.725. The van der Waals surface area contributed by atoms with E-state index in [-0.39, 0.29) is 5.69 Å². The number of hydrogen-bond donors (Lipinski definition) is 0. The first-order chi connectivity index (χ1) is 9.59. The predicted molar refractivity (Wildman–Crippen MR) is 62.2 cm³/mol. The second kappa shape index (κ2) is 5.01. The zero-order valence-corrected chi connectivity index (χ0v) is 10.5. The molecule has 8 heteroatoms. The van der Waals surface area contributed by atoms with Crippen LogP contribution in [0.25, 0.3) is 11.3 Å². The van der Waals surface area contributed by atoms with Crippen molar-refractivity contribution in [1.82, 2.24) is 9.97 Å². The molecule has 2 aromatic rings. The molecule has 0 spiro atoms. The summed E-state index contributed by atoms with van der Waals surface area (Å²) in [6.07, 6.45) is -8.63. The highest BCUT2D eigenvalue weighted by Crippen LogP contribution is 2.37. The standard InChI is InChI=1S/C13H8F6N2/c1-7-2-4-9(20-6-7)8-3-5-10(12(14,15)16)21-11(8)13(17,18)19/h2-6H,1H3. The first-order valence-corrected chi connectivity index (χ1v) is 5.67. The predicted octanol–water partition coefficient (Wildman–Crippen LogP) is 4.49. The lowest BCUT2D eigenvalue weighted by atomic mass is 10.1. The number of pyridine rings is 2. The molecule has 0 fully saturated rings.